The number of rotatable bonds is 7. The summed E-state index contributed by atoms with van der Waals surface area (Å²) >= 11 is -0.826. The molecule has 0 spiro atoms. The van der Waals surface area contributed by atoms with Crippen molar-refractivity contribution in [1.82, 2.24) is 0 Å². The molecule has 2 fully saturated rings. The molecule has 0 saturated heterocycles. The van der Waals surface area contributed by atoms with E-state index >= 15 is 0 Å². The SMILES string of the molecule is C1=CC2CC(CCc3ccccc3)CC2C=C1.C=CCCCC1CCC2C=CC=CC21.[CH3-].[CH3-].[Cl][Zr+2][Cl]. The van der Waals surface area contributed by atoms with Gasteiger partial charge in [0.25, 0.3) is 0 Å². The number of halogens is 2. The molecule has 0 bridgehead atoms. The summed E-state index contributed by atoms with van der Waals surface area (Å²) in [5, 5.41) is 0. The van der Waals surface area contributed by atoms with Gasteiger partial charge in [-0.2, -0.15) is 0 Å². The second-order valence-corrected chi connectivity index (χ2v) is 13.8. The molecule has 0 aliphatic heterocycles. The standard InChI is InChI=1S/C17H20.C14H20.2CH3.2ClH.Zr/c1-2-6-14(7-3-1)10-11-15-12-16-8-4-5-9-17(16)13-15;1-2-3-4-7-12-10-11-13-8-5-6-9-14(12)13;;;;;/h1-9,15-17H,10-13H2;2,5-6,8-9,12-14H,1,3-4,7,10-11H2;2*1H3;2*1H;/q;;2*-1;;;+4/p-2. The Labute approximate surface area is 241 Å². The monoisotopic (exact) mass is 602 g/mol. The van der Waals surface area contributed by atoms with E-state index in [4.69, 9.17) is 17.0 Å². The van der Waals surface area contributed by atoms with Crippen LogP contribution in [0.3, 0.4) is 0 Å². The summed E-state index contributed by atoms with van der Waals surface area (Å²) in [5.41, 5.74) is 1.49. The Bertz CT molecular complexity index is 805. The van der Waals surface area contributed by atoms with Crippen LogP contribution in [0.5, 0.6) is 0 Å². The summed E-state index contributed by atoms with van der Waals surface area (Å²) in [4.78, 5) is 0. The molecule has 1 aromatic carbocycles. The molecule has 0 amide bonds. The number of benzene rings is 1. The summed E-state index contributed by atoms with van der Waals surface area (Å²) < 4.78 is 0. The van der Waals surface area contributed by atoms with Crippen molar-refractivity contribution in [2.45, 2.75) is 57.8 Å². The molecule has 4 aliphatic rings. The first-order chi connectivity index (χ1) is 16.7. The van der Waals surface area contributed by atoms with E-state index in [2.05, 4.69) is 85.5 Å². The minimum absolute atomic E-state index is 0. The number of fused-ring (bicyclic) bond motifs is 2. The topological polar surface area (TPSA) is 0 Å². The zero-order chi connectivity index (χ0) is 24.0. The van der Waals surface area contributed by atoms with E-state index in [1.54, 1.807) is 0 Å². The third kappa shape index (κ3) is 11.0. The van der Waals surface area contributed by atoms with Gasteiger partial charge in [0, 0.05) is 0 Å². The van der Waals surface area contributed by atoms with Gasteiger partial charge in [0.2, 0.25) is 0 Å². The zero-order valence-corrected chi connectivity index (χ0v) is 26.3. The summed E-state index contributed by atoms with van der Waals surface area (Å²) in [6, 6.07) is 10.9. The van der Waals surface area contributed by atoms with Gasteiger partial charge in [-0.15, -0.1) is 6.58 Å². The van der Waals surface area contributed by atoms with E-state index in [1.165, 1.54) is 63.4 Å². The summed E-state index contributed by atoms with van der Waals surface area (Å²) in [6.07, 6.45) is 32.7. The first kappa shape index (κ1) is 33.4. The van der Waals surface area contributed by atoms with Crippen molar-refractivity contribution in [3.05, 3.63) is 112 Å². The Kier molecular flexibility index (Phi) is 18.1. The molecule has 196 valence electrons. The molecule has 2 saturated carbocycles. The summed E-state index contributed by atoms with van der Waals surface area (Å²) in [5.74, 6) is 5.25. The minimum atomic E-state index is -0.826. The molecule has 0 aromatic heterocycles. The van der Waals surface area contributed by atoms with Gasteiger partial charge in [0.1, 0.15) is 0 Å². The molecule has 5 unspecified atom stereocenters. The number of allylic oxidation sites excluding steroid dienone is 9. The second kappa shape index (κ2) is 19.5. The van der Waals surface area contributed by atoms with E-state index in [0.29, 0.717) is 0 Å². The fraction of sp³-hybridized carbons (Fsp3) is 0.455. The van der Waals surface area contributed by atoms with Crippen LogP contribution >= 0.6 is 17.0 Å². The first-order valence-electron chi connectivity index (χ1n) is 13.1. The van der Waals surface area contributed by atoms with Crippen molar-refractivity contribution in [3.63, 3.8) is 0 Å². The van der Waals surface area contributed by atoms with Gasteiger partial charge in [-0.1, -0.05) is 85.0 Å². The third-order valence-electron chi connectivity index (χ3n) is 7.97. The van der Waals surface area contributed by atoms with E-state index < -0.39 is 20.8 Å². The molecule has 36 heavy (non-hydrogen) atoms. The molecule has 1 aromatic rings. The maximum absolute atomic E-state index is 4.93. The normalized spacial score (nSPS) is 28.1. The number of unbranched alkanes of at least 4 members (excludes halogenated alkanes) is 1. The Hall–Kier alpha value is -0.617. The average molecular weight is 605 g/mol. The van der Waals surface area contributed by atoms with Crippen LogP contribution in [0.15, 0.2) is 91.6 Å². The molecule has 5 rings (SSSR count). The molecular formula is C33H46Cl2Zr. The average Bonchev–Trinajstić information content (AvgIpc) is 3.48. The summed E-state index contributed by atoms with van der Waals surface area (Å²) in [6.45, 7) is 3.78. The second-order valence-electron chi connectivity index (χ2n) is 10.1. The van der Waals surface area contributed by atoms with Crippen molar-refractivity contribution in [2.75, 3.05) is 0 Å². The van der Waals surface area contributed by atoms with E-state index in [9.17, 15) is 0 Å². The van der Waals surface area contributed by atoms with E-state index in [0.717, 1.165) is 35.5 Å². The van der Waals surface area contributed by atoms with Gasteiger partial charge < -0.3 is 14.9 Å². The van der Waals surface area contributed by atoms with Crippen LogP contribution in [0.2, 0.25) is 0 Å². The Morgan fingerprint density at radius 2 is 1.39 bits per heavy atom. The molecule has 3 heteroatoms. The predicted molar refractivity (Wildman–Crippen MR) is 159 cm³/mol. The fourth-order valence-corrected chi connectivity index (χ4v) is 6.25. The zero-order valence-electron chi connectivity index (χ0n) is 22.4. The number of hydrogen-bond acceptors (Lipinski definition) is 0. The van der Waals surface area contributed by atoms with Crippen molar-refractivity contribution >= 4 is 17.0 Å². The van der Waals surface area contributed by atoms with Crippen LogP contribution in [0.25, 0.3) is 0 Å². The Morgan fingerprint density at radius 3 is 2.00 bits per heavy atom. The van der Waals surface area contributed by atoms with Crippen molar-refractivity contribution in [2.24, 2.45) is 35.5 Å². The van der Waals surface area contributed by atoms with Crippen LogP contribution < -0.4 is 0 Å². The predicted octanol–water partition coefficient (Wildman–Crippen LogP) is 10.8. The van der Waals surface area contributed by atoms with Gasteiger partial charge in [-0.05, 0) is 98.9 Å². The molecular weight excluding hydrogens is 558 g/mol. The molecule has 4 aliphatic carbocycles. The van der Waals surface area contributed by atoms with Crippen LogP contribution in [0, 0.1) is 50.4 Å². The van der Waals surface area contributed by atoms with Gasteiger partial charge in [-0.3, -0.25) is 0 Å². The number of hydrogen-bond donors (Lipinski definition) is 0. The van der Waals surface area contributed by atoms with Gasteiger partial charge >= 0.3 is 37.9 Å². The molecule has 0 radical (unpaired) electrons. The molecule has 0 nitrogen and oxygen atoms in total. The van der Waals surface area contributed by atoms with Gasteiger partial charge in [0.15, 0.2) is 0 Å². The molecule has 0 heterocycles. The van der Waals surface area contributed by atoms with E-state index in [1.807, 2.05) is 6.08 Å². The summed E-state index contributed by atoms with van der Waals surface area (Å²) in [7, 11) is 9.87. The van der Waals surface area contributed by atoms with Gasteiger partial charge in [-0.25, -0.2) is 0 Å². The first-order valence-corrected chi connectivity index (χ1v) is 19.4. The van der Waals surface area contributed by atoms with Crippen molar-refractivity contribution in [3.8, 4) is 0 Å². The van der Waals surface area contributed by atoms with Crippen molar-refractivity contribution in [1.29, 1.82) is 0 Å². The Morgan fingerprint density at radius 1 is 0.806 bits per heavy atom. The van der Waals surface area contributed by atoms with Crippen LogP contribution in [-0.4, -0.2) is 0 Å². The quantitative estimate of drug-likeness (QED) is 0.165. The van der Waals surface area contributed by atoms with Crippen LogP contribution in [-0.2, 0) is 27.3 Å². The van der Waals surface area contributed by atoms with E-state index in [-0.39, 0.29) is 14.9 Å². The van der Waals surface area contributed by atoms with Crippen LogP contribution in [0.4, 0.5) is 0 Å². The maximum atomic E-state index is 4.93. The fourth-order valence-electron chi connectivity index (χ4n) is 6.25. The third-order valence-corrected chi connectivity index (χ3v) is 7.97. The molecule has 0 N–H and O–H groups in total. The van der Waals surface area contributed by atoms with Crippen LogP contribution in [0.1, 0.15) is 56.9 Å². The number of aryl methyl sites for hydroxylation is 1. The molecule has 5 atom stereocenters. The van der Waals surface area contributed by atoms with Crippen molar-refractivity contribution < 1.29 is 20.8 Å². The Balaban J connectivity index is 0.000000314. The van der Waals surface area contributed by atoms with Gasteiger partial charge in [0.05, 0.1) is 0 Å².